The van der Waals surface area contributed by atoms with Gasteiger partial charge in [0.2, 0.25) is 0 Å². The van der Waals surface area contributed by atoms with Crippen molar-refractivity contribution in [2.75, 3.05) is 4.72 Å². The summed E-state index contributed by atoms with van der Waals surface area (Å²) >= 11 is 0. The molecule has 0 aromatic carbocycles. The standard InChI is InChI=1S/C11H15N5O2S/c1-7-11(8(2)15-14-7)16-19(17,18)10-4-3-9(5-12)13-6-10/h3-4,6,16H,5,12H2,1-2H3,(H,14,15). The van der Waals surface area contributed by atoms with Gasteiger partial charge in [0.05, 0.1) is 22.8 Å². The van der Waals surface area contributed by atoms with Crippen LogP contribution >= 0.6 is 0 Å². The monoisotopic (exact) mass is 281 g/mol. The van der Waals surface area contributed by atoms with Crippen molar-refractivity contribution in [2.24, 2.45) is 5.73 Å². The number of pyridine rings is 1. The fraction of sp³-hybridized carbons (Fsp3) is 0.273. The first kappa shape index (κ1) is 13.5. The van der Waals surface area contributed by atoms with Crippen LogP contribution in [0.15, 0.2) is 23.2 Å². The summed E-state index contributed by atoms with van der Waals surface area (Å²) in [5.41, 5.74) is 7.76. The Balaban J connectivity index is 2.32. The number of rotatable bonds is 4. The lowest BCUT2D eigenvalue weighted by Gasteiger charge is -2.08. The summed E-state index contributed by atoms with van der Waals surface area (Å²) in [4.78, 5) is 4.06. The maximum Gasteiger partial charge on any atom is 0.263 e. The first-order valence-electron chi connectivity index (χ1n) is 5.63. The zero-order valence-electron chi connectivity index (χ0n) is 10.6. The molecule has 0 spiro atoms. The Morgan fingerprint density at radius 2 is 2.11 bits per heavy atom. The fourth-order valence-corrected chi connectivity index (χ4v) is 2.71. The number of anilines is 1. The molecule has 19 heavy (non-hydrogen) atoms. The third-order valence-electron chi connectivity index (χ3n) is 2.68. The van der Waals surface area contributed by atoms with Gasteiger partial charge in [0, 0.05) is 12.7 Å². The molecule has 0 aliphatic rings. The van der Waals surface area contributed by atoms with Crippen molar-refractivity contribution in [2.45, 2.75) is 25.3 Å². The second-order valence-corrected chi connectivity index (χ2v) is 5.79. The molecule has 4 N–H and O–H groups in total. The second-order valence-electron chi connectivity index (χ2n) is 4.10. The van der Waals surface area contributed by atoms with Crippen molar-refractivity contribution in [1.82, 2.24) is 15.2 Å². The minimum Gasteiger partial charge on any atom is -0.325 e. The van der Waals surface area contributed by atoms with Crippen LogP contribution in [0.4, 0.5) is 5.69 Å². The number of nitrogens with two attached hydrogens (primary N) is 1. The number of sulfonamides is 1. The summed E-state index contributed by atoms with van der Waals surface area (Å²) in [6.45, 7) is 3.73. The average Bonchev–Trinajstić information content (AvgIpc) is 2.70. The first-order chi connectivity index (χ1) is 8.94. The lowest BCUT2D eigenvalue weighted by Crippen LogP contribution is -2.14. The van der Waals surface area contributed by atoms with Crippen LogP contribution in [0.3, 0.4) is 0 Å². The molecular formula is C11H15N5O2S. The van der Waals surface area contributed by atoms with Crippen molar-refractivity contribution in [1.29, 1.82) is 0 Å². The van der Waals surface area contributed by atoms with E-state index < -0.39 is 10.0 Å². The van der Waals surface area contributed by atoms with Crippen LogP contribution < -0.4 is 10.5 Å². The SMILES string of the molecule is Cc1n[nH]c(C)c1NS(=O)(=O)c1ccc(CN)nc1. The van der Waals surface area contributed by atoms with E-state index >= 15 is 0 Å². The van der Waals surface area contributed by atoms with E-state index in [2.05, 4.69) is 19.9 Å². The molecule has 0 aliphatic heterocycles. The Morgan fingerprint density at radius 3 is 2.58 bits per heavy atom. The summed E-state index contributed by atoms with van der Waals surface area (Å²) in [7, 11) is -3.67. The Labute approximate surface area is 111 Å². The summed E-state index contributed by atoms with van der Waals surface area (Å²) < 4.78 is 26.9. The number of aryl methyl sites for hydroxylation is 2. The molecule has 102 valence electrons. The molecule has 8 heteroatoms. The molecule has 0 saturated carbocycles. The van der Waals surface area contributed by atoms with Crippen molar-refractivity contribution in [3.8, 4) is 0 Å². The van der Waals surface area contributed by atoms with Crippen LogP contribution in [-0.4, -0.2) is 23.6 Å². The van der Waals surface area contributed by atoms with E-state index in [9.17, 15) is 8.42 Å². The van der Waals surface area contributed by atoms with Gasteiger partial charge < -0.3 is 5.73 Å². The van der Waals surface area contributed by atoms with E-state index in [1.807, 2.05) is 0 Å². The number of aromatic amines is 1. The fourth-order valence-electron chi connectivity index (χ4n) is 1.59. The third-order valence-corrected chi connectivity index (χ3v) is 4.02. The quantitative estimate of drug-likeness (QED) is 0.762. The highest BCUT2D eigenvalue weighted by Gasteiger charge is 2.18. The van der Waals surface area contributed by atoms with Crippen LogP contribution in [0.25, 0.3) is 0 Å². The molecule has 7 nitrogen and oxygen atoms in total. The van der Waals surface area contributed by atoms with Gasteiger partial charge in [0.15, 0.2) is 0 Å². The second kappa shape index (κ2) is 4.98. The van der Waals surface area contributed by atoms with Crippen LogP contribution in [0.5, 0.6) is 0 Å². The Morgan fingerprint density at radius 1 is 1.37 bits per heavy atom. The molecular weight excluding hydrogens is 266 g/mol. The molecule has 0 amide bonds. The smallest absolute Gasteiger partial charge is 0.263 e. The van der Waals surface area contributed by atoms with E-state index in [-0.39, 0.29) is 11.4 Å². The Bertz CT molecular complexity index is 656. The van der Waals surface area contributed by atoms with E-state index in [1.165, 1.54) is 12.3 Å². The molecule has 0 radical (unpaired) electrons. The van der Waals surface area contributed by atoms with Crippen molar-refractivity contribution in [3.05, 3.63) is 35.4 Å². The molecule has 0 fully saturated rings. The van der Waals surface area contributed by atoms with Crippen molar-refractivity contribution < 1.29 is 8.42 Å². The number of nitrogens with zero attached hydrogens (tertiary/aromatic N) is 2. The molecule has 0 saturated heterocycles. The molecule has 2 aromatic heterocycles. The van der Waals surface area contributed by atoms with Crippen molar-refractivity contribution in [3.63, 3.8) is 0 Å². The van der Waals surface area contributed by atoms with Crippen LogP contribution in [0, 0.1) is 13.8 Å². The highest BCUT2D eigenvalue weighted by molar-refractivity contribution is 7.92. The van der Waals surface area contributed by atoms with Gasteiger partial charge in [-0.2, -0.15) is 5.10 Å². The lowest BCUT2D eigenvalue weighted by atomic mass is 10.3. The van der Waals surface area contributed by atoms with Gasteiger partial charge >= 0.3 is 0 Å². The summed E-state index contributed by atoms with van der Waals surface area (Å²) in [5, 5.41) is 6.66. The number of hydrogen-bond donors (Lipinski definition) is 3. The average molecular weight is 281 g/mol. The van der Waals surface area contributed by atoms with E-state index in [0.29, 0.717) is 22.8 Å². The minimum absolute atomic E-state index is 0.0877. The lowest BCUT2D eigenvalue weighted by molar-refractivity contribution is 0.600. The Hall–Kier alpha value is -1.93. The van der Waals surface area contributed by atoms with Gasteiger partial charge in [0.1, 0.15) is 4.90 Å². The number of hydrogen-bond acceptors (Lipinski definition) is 5. The first-order valence-corrected chi connectivity index (χ1v) is 7.11. The molecule has 0 bridgehead atoms. The van der Waals surface area contributed by atoms with Gasteiger partial charge in [-0.15, -0.1) is 0 Å². The van der Waals surface area contributed by atoms with E-state index in [4.69, 9.17) is 5.73 Å². The maximum atomic E-state index is 12.2. The molecule has 2 rings (SSSR count). The molecule has 0 atom stereocenters. The number of H-pyrrole nitrogens is 1. The van der Waals surface area contributed by atoms with Gasteiger partial charge in [-0.3, -0.25) is 14.8 Å². The minimum atomic E-state index is -3.67. The highest BCUT2D eigenvalue weighted by Crippen LogP contribution is 2.20. The molecule has 0 unspecified atom stereocenters. The van der Waals surface area contributed by atoms with Gasteiger partial charge in [-0.05, 0) is 26.0 Å². The predicted octanol–water partition coefficient (Wildman–Crippen LogP) is 0.681. The zero-order chi connectivity index (χ0) is 14.0. The molecule has 2 heterocycles. The summed E-state index contributed by atoms with van der Waals surface area (Å²) in [6.07, 6.45) is 1.29. The van der Waals surface area contributed by atoms with Gasteiger partial charge in [0.25, 0.3) is 10.0 Å². The predicted molar refractivity (Wildman–Crippen MR) is 71.0 cm³/mol. The van der Waals surface area contributed by atoms with E-state index in [0.717, 1.165) is 0 Å². The van der Waals surface area contributed by atoms with Crippen molar-refractivity contribution >= 4 is 15.7 Å². The van der Waals surface area contributed by atoms with Crippen LogP contribution in [-0.2, 0) is 16.6 Å². The number of aromatic nitrogens is 3. The Kier molecular flexibility index (Phi) is 3.54. The topological polar surface area (TPSA) is 114 Å². The normalized spacial score (nSPS) is 11.5. The largest absolute Gasteiger partial charge is 0.325 e. The van der Waals surface area contributed by atoms with E-state index in [1.54, 1.807) is 19.9 Å². The number of nitrogens with one attached hydrogen (secondary N) is 2. The van der Waals surface area contributed by atoms with Crippen LogP contribution in [0.2, 0.25) is 0 Å². The van der Waals surface area contributed by atoms with Gasteiger partial charge in [-0.25, -0.2) is 8.42 Å². The maximum absolute atomic E-state index is 12.2. The third kappa shape index (κ3) is 2.74. The molecule has 0 aliphatic carbocycles. The van der Waals surface area contributed by atoms with Crippen LogP contribution in [0.1, 0.15) is 17.1 Å². The zero-order valence-corrected chi connectivity index (χ0v) is 11.5. The summed E-state index contributed by atoms with van der Waals surface area (Å²) in [6, 6.07) is 3.06. The summed E-state index contributed by atoms with van der Waals surface area (Å²) in [5.74, 6) is 0. The molecule has 2 aromatic rings. The highest BCUT2D eigenvalue weighted by atomic mass is 32.2. The van der Waals surface area contributed by atoms with Gasteiger partial charge in [-0.1, -0.05) is 0 Å².